The van der Waals surface area contributed by atoms with Gasteiger partial charge >= 0.3 is 5.97 Å². The second-order valence-corrected chi connectivity index (χ2v) is 5.43. The highest BCUT2D eigenvalue weighted by molar-refractivity contribution is 5.89. The van der Waals surface area contributed by atoms with Crippen LogP contribution in [-0.4, -0.2) is 48.1 Å². The van der Waals surface area contributed by atoms with E-state index < -0.39 is 11.9 Å². The highest BCUT2D eigenvalue weighted by Crippen LogP contribution is 2.40. The summed E-state index contributed by atoms with van der Waals surface area (Å²) in [6.07, 6.45) is 0.507. The molecule has 1 saturated heterocycles. The molecule has 1 heterocycles. The van der Waals surface area contributed by atoms with Gasteiger partial charge in [0.2, 0.25) is 5.91 Å². The summed E-state index contributed by atoms with van der Waals surface area (Å²) in [5, 5.41) is 8.88. The Kier molecular flexibility index (Phi) is 3.34. The number of amides is 1. The minimum atomic E-state index is -0.841. The smallest absolute Gasteiger partial charge is 0.307 e. The largest absolute Gasteiger partial charge is 0.481 e. The zero-order chi connectivity index (χ0) is 14.1. The number of aliphatic carboxylic acids is 1. The molecule has 20 heavy (non-hydrogen) atoms. The van der Waals surface area contributed by atoms with Crippen LogP contribution in [0, 0.1) is 11.8 Å². The van der Waals surface area contributed by atoms with Crippen LogP contribution in [0.1, 0.15) is 6.42 Å². The molecule has 5 nitrogen and oxygen atoms in total. The van der Waals surface area contributed by atoms with Gasteiger partial charge in [-0.1, -0.05) is 18.2 Å². The molecular weight excluding hydrogens is 256 g/mol. The summed E-state index contributed by atoms with van der Waals surface area (Å²) in [5.74, 6) is -1.55. The highest BCUT2D eigenvalue weighted by Gasteiger charge is 2.49. The Hall–Kier alpha value is -2.04. The van der Waals surface area contributed by atoms with Gasteiger partial charge in [-0.25, -0.2) is 0 Å². The van der Waals surface area contributed by atoms with Crippen molar-refractivity contribution in [2.24, 2.45) is 11.8 Å². The number of anilines is 1. The van der Waals surface area contributed by atoms with Crippen LogP contribution in [0.25, 0.3) is 0 Å². The van der Waals surface area contributed by atoms with Crippen LogP contribution in [0.3, 0.4) is 0 Å². The van der Waals surface area contributed by atoms with Crippen molar-refractivity contribution >= 4 is 17.6 Å². The molecule has 0 bridgehead atoms. The average molecular weight is 274 g/mol. The van der Waals surface area contributed by atoms with Gasteiger partial charge in [0.05, 0.1) is 11.8 Å². The summed E-state index contributed by atoms with van der Waals surface area (Å²) in [6.45, 7) is 2.97. The van der Waals surface area contributed by atoms with Crippen LogP contribution >= 0.6 is 0 Å². The van der Waals surface area contributed by atoms with Gasteiger partial charge in [0.25, 0.3) is 0 Å². The predicted octanol–water partition coefficient (Wildman–Crippen LogP) is 1.06. The van der Waals surface area contributed by atoms with Gasteiger partial charge < -0.3 is 14.9 Å². The molecule has 106 valence electrons. The normalized spacial score (nSPS) is 25.4. The first-order chi connectivity index (χ1) is 9.66. The maximum atomic E-state index is 12.2. The lowest BCUT2D eigenvalue weighted by atomic mass is 10.2. The molecule has 1 saturated carbocycles. The zero-order valence-electron chi connectivity index (χ0n) is 11.2. The fourth-order valence-electron chi connectivity index (χ4n) is 2.80. The number of nitrogens with zero attached hydrogens (tertiary/aromatic N) is 2. The van der Waals surface area contributed by atoms with Gasteiger partial charge in [-0.2, -0.15) is 0 Å². The third-order valence-electron chi connectivity index (χ3n) is 4.14. The van der Waals surface area contributed by atoms with Crippen molar-refractivity contribution in [3.8, 4) is 0 Å². The molecule has 1 N–H and O–H groups in total. The molecule has 3 rings (SSSR count). The molecule has 0 spiro atoms. The SMILES string of the molecule is O=C(O)[C@@H]1C[C@H]1C(=O)N1CCN(c2ccccc2)CC1. The van der Waals surface area contributed by atoms with Gasteiger partial charge in [-0.15, -0.1) is 0 Å². The topological polar surface area (TPSA) is 60.9 Å². The minimum absolute atomic E-state index is 0.0186. The number of para-hydroxylation sites is 1. The van der Waals surface area contributed by atoms with Crippen molar-refractivity contribution in [3.05, 3.63) is 30.3 Å². The van der Waals surface area contributed by atoms with Gasteiger partial charge in [0.1, 0.15) is 0 Å². The molecule has 0 aromatic heterocycles. The lowest BCUT2D eigenvalue weighted by Gasteiger charge is -2.36. The first kappa shape index (κ1) is 13.0. The molecule has 2 aliphatic rings. The van der Waals surface area contributed by atoms with Crippen LogP contribution in [0.15, 0.2) is 30.3 Å². The predicted molar refractivity (Wildman–Crippen MR) is 74.5 cm³/mol. The monoisotopic (exact) mass is 274 g/mol. The fraction of sp³-hybridized carbons (Fsp3) is 0.467. The number of carboxylic acids is 1. The highest BCUT2D eigenvalue weighted by atomic mass is 16.4. The molecule has 1 amide bonds. The summed E-state index contributed by atoms with van der Waals surface area (Å²) in [6, 6.07) is 10.1. The molecule has 1 aromatic rings. The van der Waals surface area contributed by atoms with Crippen LogP contribution in [-0.2, 0) is 9.59 Å². The van der Waals surface area contributed by atoms with Crippen LogP contribution in [0.4, 0.5) is 5.69 Å². The molecule has 1 aromatic carbocycles. The molecule has 0 unspecified atom stereocenters. The van der Waals surface area contributed by atoms with E-state index in [4.69, 9.17) is 5.11 Å². The van der Waals surface area contributed by atoms with E-state index in [0.717, 1.165) is 13.1 Å². The first-order valence-electron chi connectivity index (χ1n) is 6.98. The maximum Gasteiger partial charge on any atom is 0.307 e. The lowest BCUT2D eigenvalue weighted by molar-refractivity contribution is -0.142. The Bertz CT molecular complexity index is 509. The van der Waals surface area contributed by atoms with Crippen molar-refractivity contribution in [2.75, 3.05) is 31.1 Å². The molecule has 5 heteroatoms. The number of piperazine rings is 1. The quantitative estimate of drug-likeness (QED) is 0.895. The van der Waals surface area contributed by atoms with E-state index >= 15 is 0 Å². The average Bonchev–Trinajstić information content (AvgIpc) is 3.28. The van der Waals surface area contributed by atoms with Crippen LogP contribution in [0.5, 0.6) is 0 Å². The van der Waals surface area contributed by atoms with E-state index in [1.165, 1.54) is 5.69 Å². The number of benzene rings is 1. The fourth-order valence-corrected chi connectivity index (χ4v) is 2.80. The lowest BCUT2D eigenvalue weighted by Crippen LogP contribution is -2.49. The molecular formula is C15H18N2O3. The van der Waals surface area contributed by atoms with Crippen molar-refractivity contribution in [1.82, 2.24) is 4.90 Å². The Morgan fingerprint density at radius 3 is 2.20 bits per heavy atom. The number of carbonyl (C=O) groups is 2. The summed E-state index contributed by atoms with van der Waals surface area (Å²) >= 11 is 0. The molecule has 0 radical (unpaired) electrons. The molecule has 1 aliphatic heterocycles. The summed E-state index contributed by atoms with van der Waals surface area (Å²) in [5.41, 5.74) is 1.18. The Morgan fingerprint density at radius 2 is 1.65 bits per heavy atom. The van der Waals surface area contributed by atoms with Gasteiger partial charge in [0, 0.05) is 31.9 Å². The second-order valence-electron chi connectivity index (χ2n) is 5.43. The van der Waals surface area contributed by atoms with Crippen molar-refractivity contribution in [2.45, 2.75) is 6.42 Å². The van der Waals surface area contributed by atoms with Crippen molar-refractivity contribution < 1.29 is 14.7 Å². The summed E-state index contributed by atoms with van der Waals surface area (Å²) in [7, 11) is 0. The zero-order valence-corrected chi connectivity index (χ0v) is 11.2. The van der Waals surface area contributed by atoms with E-state index in [9.17, 15) is 9.59 Å². The number of hydrogen-bond donors (Lipinski definition) is 1. The van der Waals surface area contributed by atoms with E-state index in [1.54, 1.807) is 0 Å². The third-order valence-corrected chi connectivity index (χ3v) is 4.14. The van der Waals surface area contributed by atoms with E-state index in [2.05, 4.69) is 17.0 Å². The standard InChI is InChI=1S/C15H18N2O3/c18-14(12-10-13(12)15(19)20)17-8-6-16(7-9-17)11-4-2-1-3-5-11/h1-5,12-13H,6-10H2,(H,19,20)/t12-,13-/m1/s1. The Labute approximate surface area is 117 Å². The van der Waals surface area contributed by atoms with Crippen LogP contribution < -0.4 is 4.90 Å². The molecule has 2 fully saturated rings. The van der Waals surface area contributed by atoms with E-state index in [1.807, 2.05) is 23.1 Å². The molecule has 1 aliphatic carbocycles. The summed E-state index contributed by atoms with van der Waals surface area (Å²) < 4.78 is 0. The van der Waals surface area contributed by atoms with Gasteiger partial charge in [-0.3, -0.25) is 9.59 Å². The Morgan fingerprint density at radius 1 is 1.00 bits per heavy atom. The maximum absolute atomic E-state index is 12.2. The van der Waals surface area contributed by atoms with Crippen molar-refractivity contribution in [1.29, 1.82) is 0 Å². The Balaban J connectivity index is 1.54. The van der Waals surface area contributed by atoms with Gasteiger partial charge in [0.15, 0.2) is 0 Å². The van der Waals surface area contributed by atoms with Crippen LogP contribution in [0.2, 0.25) is 0 Å². The number of hydrogen-bond acceptors (Lipinski definition) is 3. The second kappa shape index (κ2) is 5.15. The number of carboxylic acid groups (broad SMARTS) is 1. The van der Waals surface area contributed by atoms with E-state index in [0.29, 0.717) is 19.5 Å². The minimum Gasteiger partial charge on any atom is -0.481 e. The van der Waals surface area contributed by atoms with E-state index in [-0.39, 0.29) is 11.8 Å². The number of carbonyl (C=O) groups excluding carboxylic acids is 1. The first-order valence-corrected chi connectivity index (χ1v) is 6.98. The number of rotatable bonds is 3. The summed E-state index contributed by atoms with van der Waals surface area (Å²) in [4.78, 5) is 27.0. The van der Waals surface area contributed by atoms with Gasteiger partial charge in [-0.05, 0) is 18.6 Å². The molecule has 2 atom stereocenters. The third kappa shape index (κ3) is 2.48. The van der Waals surface area contributed by atoms with Crippen molar-refractivity contribution in [3.63, 3.8) is 0 Å².